The number of aryl methyl sites for hydroxylation is 2. The number of anilines is 1. The van der Waals surface area contributed by atoms with Crippen LogP contribution in [0.2, 0.25) is 5.02 Å². The first-order chi connectivity index (χ1) is 9.95. The van der Waals surface area contributed by atoms with Gasteiger partial charge < -0.3 is 5.32 Å². The third kappa shape index (κ3) is 4.37. The Morgan fingerprint density at radius 3 is 2.76 bits per heavy atom. The molecule has 0 aliphatic carbocycles. The lowest BCUT2D eigenvalue weighted by molar-refractivity contribution is -0.116. The number of amides is 1. The summed E-state index contributed by atoms with van der Waals surface area (Å²) in [7, 11) is 0. The number of halogens is 1. The third-order valence-electron chi connectivity index (χ3n) is 2.99. The molecule has 0 saturated carbocycles. The highest BCUT2D eigenvalue weighted by molar-refractivity contribution is 7.14. The summed E-state index contributed by atoms with van der Waals surface area (Å²) in [6.45, 7) is 3.38. The number of nitrogens with zero attached hydrogens (tertiary/aromatic N) is 1. The van der Waals surface area contributed by atoms with Gasteiger partial charge in [0.2, 0.25) is 5.91 Å². The molecule has 1 aromatic carbocycles. The number of hydrogen-bond donors (Lipinski definition) is 1. The van der Waals surface area contributed by atoms with Crippen LogP contribution in [-0.2, 0) is 11.2 Å². The molecule has 0 aliphatic rings. The largest absolute Gasteiger partial charge is 0.302 e. The van der Waals surface area contributed by atoms with Crippen LogP contribution < -0.4 is 5.32 Å². The normalized spacial score (nSPS) is 10.4. The fourth-order valence-electron chi connectivity index (χ4n) is 1.72. The molecule has 2 rings (SSSR count). The second-order valence-electron chi connectivity index (χ2n) is 4.73. The summed E-state index contributed by atoms with van der Waals surface area (Å²) in [6, 6.07) is 5.78. The molecule has 0 radical (unpaired) electrons. The molecule has 1 heterocycles. The van der Waals surface area contributed by atoms with Crippen molar-refractivity contribution in [1.82, 2.24) is 4.98 Å². The Morgan fingerprint density at radius 2 is 2.14 bits per heavy atom. The maximum Gasteiger partial charge on any atom is 0.226 e. The second-order valence-corrected chi connectivity index (χ2v) is 5.99. The second kappa shape index (κ2) is 6.83. The molecular weight excluding hydrogens is 308 g/mol. The maximum atomic E-state index is 11.9. The van der Waals surface area contributed by atoms with Crippen molar-refractivity contribution >= 4 is 39.8 Å². The average Bonchev–Trinajstić information content (AvgIpc) is 2.89. The Morgan fingerprint density at radius 1 is 1.38 bits per heavy atom. The van der Waals surface area contributed by atoms with Crippen molar-refractivity contribution in [1.29, 1.82) is 0 Å². The fraction of sp³-hybridized carbons (Fsp3) is 0.267. The van der Waals surface area contributed by atoms with E-state index in [-0.39, 0.29) is 11.7 Å². The van der Waals surface area contributed by atoms with Gasteiger partial charge >= 0.3 is 0 Å². The van der Waals surface area contributed by atoms with Crippen molar-refractivity contribution in [3.8, 4) is 0 Å². The van der Waals surface area contributed by atoms with E-state index in [1.54, 1.807) is 5.38 Å². The molecule has 2 aromatic rings. The van der Waals surface area contributed by atoms with Crippen LogP contribution >= 0.6 is 22.9 Å². The first-order valence-corrected chi connectivity index (χ1v) is 7.73. The molecular formula is C15H15ClN2O2S. The highest BCUT2D eigenvalue weighted by Gasteiger charge is 2.09. The Hall–Kier alpha value is -1.72. The summed E-state index contributed by atoms with van der Waals surface area (Å²) in [4.78, 5) is 27.0. The van der Waals surface area contributed by atoms with Gasteiger partial charge in [-0.2, -0.15) is 0 Å². The average molecular weight is 323 g/mol. The summed E-state index contributed by atoms with van der Waals surface area (Å²) in [6.07, 6.45) is 0.950. The summed E-state index contributed by atoms with van der Waals surface area (Å²) < 4.78 is 0. The van der Waals surface area contributed by atoms with Gasteiger partial charge in [-0.05, 0) is 30.5 Å². The molecule has 110 valence electrons. The van der Waals surface area contributed by atoms with Gasteiger partial charge in [-0.1, -0.05) is 23.7 Å². The first kappa shape index (κ1) is 15.7. The highest BCUT2D eigenvalue weighted by atomic mass is 35.5. The van der Waals surface area contributed by atoms with Crippen molar-refractivity contribution in [2.75, 3.05) is 5.32 Å². The number of ketones is 1. The van der Waals surface area contributed by atoms with Gasteiger partial charge in [-0.15, -0.1) is 11.3 Å². The van der Waals surface area contributed by atoms with Crippen LogP contribution in [0, 0.1) is 6.92 Å². The van der Waals surface area contributed by atoms with Crippen LogP contribution in [0.3, 0.4) is 0 Å². The van der Waals surface area contributed by atoms with Crippen molar-refractivity contribution < 1.29 is 9.59 Å². The van der Waals surface area contributed by atoms with Crippen LogP contribution in [0.5, 0.6) is 0 Å². The number of hydrogen-bond acceptors (Lipinski definition) is 4. The molecule has 0 spiro atoms. The minimum absolute atomic E-state index is 0.110. The molecule has 0 fully saturated rings. The van der Waals surface area contributed by atoms with Crippen molar-refractivity contribution in [2.24, 2.45) is 0 Å². The summed E-state index contributed by atoms with van der Waals surface area (Å²) in [5.41, 5.74) is 2.41. The highest BCUT2D eigenvalue weighted by Crippen LogP contribution is 2.19. The van der Waals surface area contributed by atoms with Crippen LogP contribution in [0.4, 0.5) is 5.13 Å². The molecule has 0 atom stereocenters. The summed E-state index contributed by atoms with van der Waals surface area (Å²) in [5, 5.41) is 5.49. The molecule has 6 heteroatoms. The smallest absolute Gasteiger partial charge is 0.226 e. The zero-order chi connectivity index (χ0) is 15.4. The van der Waals surface area contributed by atoms with E-state index in [4.69, 9.17) is 11.6 Å². The van der Waals surface area contributed by atoms with Crippen LogP contribution in [-0.4, -0.2) is 16.7 Å². The predicted molar refractivity (Wildman–Crippen MR) is 85.3 cm³/mol. The lowest BCUT2D eigenvalue weighted by atomic mass is 10.1. The van der Waals surface area contributed by atoms with Gasteiger partial charge in [0.1, 0.15) is 5.69 Å². The number of Topliss-reactive ketones (excluding diaryl/α,β-unsaturated/α-hetero) is 1. The molecule has 1 amide bonds. The number of thiazole rings is 1. The standard InChI is InChI=1S/C15H15ClN2O2S/c1-9-3-4-11(7-12(9)16)5-6-14(20)18-15-17-13(8-21-15)10(2)19/h3-4,7-8H,5-6H2,1-2H3,(H,17,18,20). The molecule has 4 nitrogen and oxygen atoms in total. The number of rotatable bonds is 5. The van der Waals surface area contributed by atoms with Crippen LogP contribution in [0.25, 0.3) is 0 Å². The van der Waals surface area contributed by atoms with E-state index >= 15 is 0 Å². The minimum atomic E-state index is -0.129. The Bertz CT molecular complexity index is 682. The van der Waals surface area contributed by atoms with Crippen LogP contribution in [0.15, 0.2) is 23.6 Å². The molecule has 0 saturated heterocycles. The van der Waals surface area contributed by atoms with Crippen molar-refractivity contribution in [3.63, 3.8) is 0 Å². The monoisotopic (exact) mass is 322 g/mol. The van der Waals surface area contributed by atoms with Gasteiger partial charge in [0.05, 0.1) is 0 Å². The lowest BCUT2D eigenvalue weighted by Gasteiger charge is -2.04. The van der Waals surface area contributed by atoms with Crippen molar-refractivity contribution in [3.05, 3.63) is 45.4 Å². The summed E-state index contributed by atoms with van der Waals surface area (Å²) >= 11 is 7.30. The number of nitrogens with one attached hydrogen (secondary N) is 1. The number of carbonyl (C=O) groups is 2. The van der Waals surface area contributed by atoms with Gasteiger partial charge in [0, 0.05) is 23.7 Å². The first-order valence-electron chi connectivity index (χ1n) is 6.47. The van der Waals surface area contributed by atoms with E-state index in [0.717, 1.165) is 11.1 Å². The molecule has 21 heavy (non-hydrogen) atoms. The van der Waals surface area contributed by atoms with E-state index < -0.39 is 0 Å². The summed E-state index contributed by atoms with van der Waals surface area (Å²) in [5.74, 6) is -0.239. The Labute approximate surface area is 132 Å². The Kier molecular flexibility index (Phi) is 5.09. The van der Waals surface area contributed by atoms with Gasteiger partial charge in [0.15, 0.2) is 10.9 Å². The SMILES string of the molecule is CC(=O)c1csc(NC(=O)CCc2ccc(C)c(Cl)c2)n1. The molecule has 0 aliphatic heterocycles. The van der Waals surface area contributed by atoms with Gasteiger partial charge in [-0.3, -0.25) is 9.59 Å². The number of aromatic nitrogens is 1. The van der Waals surface area contributed by atoms with E-state index in [0.29, 0.717) is 28.7 Å². The molecule has 0 unspecified atom stereocenters. The Balaban J connectivity index is 1.89. The topological polar surface area (TPSA) is 59.1 Å². The van der Waals surface area contributed by atoms with Crippen LogP contribution in [0.1, 0.15) is 35.0 Å². The van der Waals surface area contributed by atoms with E-state index in [1.807, 2.05) is 25.1 Å². The van der Waals surface area contributed by atoms with Gasteiger partial charge in [0.25, 0.3) is 0 Å². The number of benzene rings is 1. The third-order valence-corrected chi connectivity index (χ3v) is 4.15. The number of carbonyl (C=O) groups excluding carboxylic acids is 2. The zero-order valence-electron chi connectivity index (χ0n) is 11.8. The minimum Gasteiger partial charge on any atom is -0.302 e. The van der Waals surface area contributed by atoms with Crippen molar-refractivity contribution in [2.45, 2.75) is 26.7 Å². The van der Waals surface area contributed by atoms with E-state index in [2.05, 4.69) is 10.3 Å². The molecule has 1 N–H and O–H groups in total. The molecule has 1 aromatic heterocycles. The van der Waals surface area contributed by atoms with E-state index in [9.17, 15) is 9.59 Å². The zero-order valence-corrected chi connectivity index (χ0v) is 13.3. The molecule has 0 bridgehead atoms. The van der Waals surface area contributed by atoms with Gasteiger partial charge in [-0.25, -0.2) is 4.98 Å². The maximum absolute atomic E-state index is 11.9. The van der Waals surface area contributed by atoms with E-state index in [1.165, 1.54) is 18.3 Å². The predicted octanol–water partition coefficient (Wildman–Crippen LogP) is 3.88. The quantitative estimate of drug-likeness (QED) is 0.850. The fourth-order valence-corrected chi connectivity index (χ4v) is 2.69. The lowest BCUT2D eigenvalue weighted by Crippen LogP contribution is -2.12.